The predicted molar refractivity (Wildman–Crippen MR) is 57.7 cm³/mol. The third-order valence-electron chi connectivity index (χ3n) is 2.02. The fourth-order valence-electron chi connectivity index (χ4n) is 1.49. The second kappa shape index (κ2) is 3.09. The Morgan fingerprint density at radius 3 is 2.29 bits per heavy atom. The van der Waals surface area contributed by atoms with Crippen LogP contribution in [-0.4, -0.2) is 16.1 Å². The van der Waals surface area contributed by atoms with Crippen LogP contribution < -0.4 is 10.6 Å². The number of fused-ring (bicyclic) bond motifs is 1. The van der Waals surface area contributed by atoms with Crippen LogP contribution in [-0.2, 0) is 4.79 Å². The Balaban J connectivity index is 2.21. The fourth-order valence-corrected chi connectivity index (χ4v) is 1.86. The summed E-state index contributed by atoms with van der Waals surface area (Å²) in [5, 5.41) is 14.7. The molecule has 14 heavy (non-hydrogen) atoms. The van der Waals surface area contributed by atoms with Gasteiger partial charge < -0.3 is 15.7 Å². The molecule has 0 aliphatic carbocycles. The quantitative estimate of drug-likeness (QED) is 0.560. The van der Waals surface area contributed by atoms with Gasteiger partial charge in [0.05, 0.1) is 17.8 Å². The third-order valence-corrected chi connectivity index (χ3v) is 2.40. The van der Waals surface area contributed by atoms with Gasteiger partial charge in [-0.25, -0.2) is 0 Å². The standard InChI is InChI=1S/C9H10N2O2S/c12-8(13)5-9(14)10-6-3-1-2-4-7(6)11-9/h1-4,10-11,14H,5H2,(H,12,13). The van der Waals surface area contributed by atoms with Gasteiger partial charge in [-0.1, -0.05) is 12.1 Å². The lowest BCUT2D eigenvalue weighted by atomic mass is 10.3. The Bertz CT molecular complexity index is 356. The van der Waals surface area contributed by atoms with E-state index in [-0.39, 0.29) is 6.42 Å². The zero-order chi connectivity index (χ0) is 10.2. The molecule has 1 heterocycles. The van der Waals surface area contributed by atoms with Crippen molar-refractivity contribution in [3.63, 3.8) is 0 Å². The summed E-state index contributed by atoms with van der Waals surface area (Å²) in [5.41, 5.74) is 1.76. The van der Waals surface area contributed by atoms with Crippen LogP contribution in [0.4, 0.5) is 11.4 Å². The van der Waals surface area contributed by atoms with Crippen LogP contribution in [0.5, 0.6) is 0 Å². The number of para-hydroxylation sites is 2. The molecule has 0 fully saturated rings. The highest BCUT2D eigenvalue weighted by atomic mass is 32.1. The van der Waals surface area contributed by atoms with Crippen LogP contribution in [0.1, 0.15) is 6.42 Å². The average molecular weight is 210 g/mol. The molecule has 0 saturated heterocycles. The number of hydrogen-bond donors (Lipinski definition) is 4. The first-order chi connectivity index (χ1) is 6.59. The monoisotopic (exact) mass is 210 g/mol. The molecule has 1 aliphatic heterocycles. The molecular weight excluding hydrogens is 200 g/mol. The van der Waals surface area contributed by atoms with Gasteiger partial charge in [0, 0.05) is 0 Å². The zero-order valence-corrected chi connectivity index (χ0v) is 8.21. The van der Waals surface area contributed by atoms with Crippen LogP contribution in [0, 0.1) is 0 Å². The Morgan fingerprint density at radius 1 is 1.36 bits per heavy atom. The van der Waals surface area contributed by atoms with E-state index in [9.17, 15) is 4.79 Å². The highest BCUT2D eigenvalue weighted by molar-refractivity contribution is 7.82. The molecule has 0 radical (unpaired) electrons. The van der Waals surface area contributed by atoms with Gasteiger partial charge in [0.15, 0.2) is 4.99 Å². The van der Waals surface area contributed by atoms with Gasteiger partial charge in [-0.15, -0.1) is 12.6 Å². The molecule has 1 aliphatic rings. The number of carboxylic acids is 1. The molecule has 0 aromatic heterocycles. The van der Waals surface area contributed by atoms with E-state index in [1.54, 1.807) is 0 Å². The molecule has 1 aromatic rings. The molecule has 0 atom stereocenters. The van der Waals surface area contributed by atoms with Gasteiger partial charge in [0.2, 0.25) is 0 Å². The van der Waals surface area contributed by atoms with Gasteiger partial charge in [-0.3, -0.25) is 4.79 Å². The van der Waals surface area contributed by atoms with Crippen molar-refractivity contribution >= 4 is 30.0 Å². The van der Waals surface area contributed by atoms with E-state index in [1.165, 1.54) is 0 Å². The summed E-state index contributed by atoms with van der Waals surface area (Å²) >= 11 is 4.26. The molecule has 4 nitrogen and oxygen atoms in total. The number of carboxylic acid groups (broad SMARTS) is 1. The number of rotatable bonds is 2. The summed E-state index contributed by atoms with van der Waals surface area (Å²) in [6.07, 6.45) is -0.0925. The number of hydrogen-bond acceptors (Lipinski definition) is 4. The van der Waals surface area contributed by atoms with Crippen molar-refractivity contribution in [2.75, 3.05) is 10.6 Å². The van der Waals surface area contributed by atoms with Crippen LogP contribution in [0.2, 0.25) is 0 Å². The van der Waals surface area contributed by atoms with E-state index in [2.05, 4.69) is 23.3 Å². The normalized spacial score (nSPS) is 16.6. The molecule has 74 valence electrons. The lowest BCUT2D eigenvalue weighted by molar-refractivity contribution is -0.137. The predicted octanol–water partition coefficient (Wildman–Crippen LogP) is 1.58. The van der Waals surface area contributed by atoms with Crippen molar-refractivity contribution in [1.29, 1.82) is 0 Å². The molecular formula is C9H10N2O2S. The highest BCUT2D eigenvalue weighted by Crippen LogP contribution is 2.36. The maximum absolute atomic E-state index is 10.6. The van der Waals surface area contributed by atoms with Crippen molar-refractivity contribution in [3.05, 3.63) is 24.3 Å². The van der Waals surface area contributed by atoms with E-state index >= 15 is 0 Å². The van der Waals surface area contributed by atoms with Crippen molar-refractivity contribution in [1.82, 2.24) is 0 Å². The number of benzene rings is 1. The lowest BCUT2D eigenvalue weighted by Gasteiger charge is -2.22. The average Bonchev–Trinajstić information content (AvgIpc) is 2.38. The van der Waals surface area contributed by atoms with E-state index in [0.717, 1.165) is 11.4 Å². The number of aliphatic carboxylic acids is 1. The Kier molecular flexibility index (Phi) is 2.03. The fraction of sp³-hybridized carbons (Fsp3) is 0.222. The number of nitrogens with one attached hydrogen (secondary N) is 2. The van der Waals surface area contributed by atoms with E-state index in [0.29, 0.717) is 0 Å². The third kappa shape index (κ3) is 1.63. The van der Waals surface area contributed by atoms with Crippen molar-refractivity contribution in [3.8, 4) is 0 Å². The zero-order valence-electron chi connectivity index (χ0n) is 7.32. The maximum atomic E-state index is 10.6. The summed E-state index contributed by atoms with van der Waals surface area (Å²) in [7, 11) is 0. The summed E-state index contributed by atoms with van der Waals surface area (Å²) in [6, 6.07) is 7.52. The summed E-state index contributed by atoms with van der Waals surface area (Å²) < 4.78 is 0. The van der Waals surface area contributed by atoms with E-state index in [4.69, 9.17) is 5.11 Å². The first-order valence-electron chi connectivity index (χ1n) is 4.19. The molecule has 2 rings (SSSR count). The van der Waals surface area contributed by atoms with E-state index < -0.39 is 11.0 Å². The first-order valence-corrected chi connectivity index (χ1v) is 4.63. The summed E-state index contributed by atoms with van der Waals surface area (Å²) in [5.74, 6) is -0.896. The van der Waals surface area contributed by atoms with Crippen LogP contribution in [0.3, 0.4) is 0 Å². The smallest absolute Gasteiger partial charge is 0.308 e. The minimum absolute atomic E-state index is 0.0925. The largest absolute Gasteiger partial charge is 0.481 e. The molecule has 3 N–H and O–H groups in total. The maximum Gasteiger partial charge on any atom is 0.308 e. The second-order valence-corrected chi connectivity index (χ2v) is 3.99. The topological polar surface area (TPSA) is 61.4 Å². The number of anilines is 2. The highest BCUT2D eigenvalue weighted by Gasteiger charge is 2.34. The molecule has 0 spiro atoms. The van der Waals surface area contributed by atoms with Crippen molar-refractivity contribution in [2.45, 2.75) is 11.4 Å². The number of thiol groups is 1. The van der Waals surface area contributed by atoms with Gasteiger partial charge in [0.1, 0.15) is 0 Å². The van der Waals surface area contributed by atoms with Gasteiger partial charge in [-0.05, 0) is 12.1 Å². The van der Waals surface area contributed by atoms with Gasteiger partial charge in [-0.2, -0.15) is 0 Å². The van der Waals surface area contributed by atoms with Gasteiger partial charge in [0.25, 0.3) is 0 Å². The SMILES string of the molecule is O=C(O)CC1(S)Nc2ccccc2N1. The minimum Gasteiger partial charge on any atom is -0.481 e. The lowest BCUT2D eigenvalue weighted by Crippen LogP contribution is -2.37. The molecule has 0 unspecified atom stereocenters. The molecule has 5 heteroatoms. The van der Waals surface area contributed by atoms with E-state index in [1.807, 2.05) is 24.3 Å². The minimum atomic E-state index is -0.896. The summed E-state index contributed by atoms with van der Waals surface area (Å²) in [4.78, 5) is 9.70. The molecule has 1 aromatic carbocycles. The molecule has 0 amide bonds. The van der Waals surface area contributed by atoms with Crippen molar-refractivity contribution in [2.24, 2.45) is 0 Å². The second-order valence-electron chi connectivity index (χ2n) is 3.23. The molecule has 0 saturated carbocycles. The molecule has 0 bridgehead atoms. The van der Waals surface area contributed by atoms with Crippen LogP contribution >= 0.6 is 12.6 Å². The van der Waals surface area contributed by atoms with Gasteiger partial charge >= 0.3 is 5.97 Å². The Hall–Kier alpha value is -1.36. The van der Waals surface area contributed by atoms with Crippen LogP contribution in [0.15, 0.2) is 24.3 Å². The summed E-state index contributed by atoms with van der Waals surface area (Å²) in [6.45, 7) is 0. The van der Waals surface area contributed by atoms with Crippen LogP contribution in [0.25, 0.3) is 0 Å². The number of carbonyl (C=O) groups is 1. The van der Waals surface area contributed by atoms with Crippen molar-refractivity contribution < 1.29 is 9.90 Å². The Morgan fingerprint density at radius 2 is 1.86 bits per heavy atom. The first kappa shape index (κ1) is 9.21. The Labute approximate surface area is 86.7 Å².